The zero-order valence-corrected chi connectivity index (χ0v) is 10.1. The van der Waals surface area contributed by atoms with Crippen molar-refractivity contribution in [2.45, 2.75) is 43.7 Å². The molecular weight excluding hydrogens is 248 g/mol. The third-order valence-corrected chi connectivity index (χ3v) is 2.72. The first-order chi connectivity index (χ1) is 8.42. The van der Waals surface area contributed by atoms with E-state index in [1.165, 1.54) is 14.0 Å². The Labute approximate surface area is 104 Å². The molecule has 1 fully saturated rings. The average Bonchev–Trinajstić information content (AvgIpc) is 2.38. The summed E-state index contributed by atoms with van der Waals surface area (Å²) < 4.78 is 14.6. The predicted molar refractivity (Wildman–Crippen MR) is 56.3 cm³/mol. The summed E-state index contributed by atoms with van der Waals surface area (Å²) in [4.78, 5) is 11.1. The molecule has 0 aromatic rings. The highest BCUT2D eigenvalue weighted by molar-refractivity contribution is 5.73. The van der Waals surface area contributed by atoms with Gasteiger partial charge < -0.3 is 34.6 Å². The molecule has 8 nitrogen and oxygen atoms in total. The summed E-state index contributed by atoms with van der Waals surface area (Å²) >= 11 is 0. The van der Waals surface area contributed by atoms with Crippen LogP contribution >= 0.6 is 0 Å². The van der Waals surface area contributed by atoms with Gasteiger partial charge in [0.05, 0.1) is 13.7 Å². The van der Waals surface area contributed by atoms with Crippen molar-refractivity contribution in [1.82, 2.24) is 0 Å². The highest BCUT2D eigenvalue weighted by atomic mass is 16.7. The molecule has 0 amide bonds. The molecule has 106 valence electrons. The van der Waals surface area contributed by atoms with E-state index in [0.29, 0.717) is 0 Å². The Balaban J connectivity index is 2.67. The predicted octanol–water partition coefficient (Wildman–Crippen LogP) is -2.64. The largest absolute Gasteiger partial charge is 0.467 e. The van der Waals surface area contributed by atoms with Crippen molar-refractivity contribution in [2.24, 2.45) is 0 Å². The van der Waals surface area contributed by atoms with E-state index in [2.05, 4.69) is 4.74 Å². The van der Waals surface area contributed by atoms with Crippen LogP contribution in [0, 0.1) is 0 Å². The lowest BCUT2D eigenvalue weighted by atomic mass is 9.99. The number of rotatable bonds is 4. The maximum atomic E-state index is 11.1. The minimum Gasteiger partial charge on any atom is -0.467 e. The molecule has 1 aliphatic rings. The van der Waals surface area contributed by atoms with E-state index < -0.39 is 49.4 Å². The number of aliphatic hydroxyl groups is 4. The van der Waals surface area contributed by atoms with Crippen molar-refractivity contribution in [3.63, 3.8) is 0 Å². The lowest BCUT2D eigenvalue weighted by Gasteiger charge is -2.40. The van der Waals surface area contributed by atoms with E-state index in [4.69, 9.17) is 14.6 Å². The summed E-state index contributed by atoms with van der Waals surface area (Å²) in [5.41, 5.74) is 0. The first-order valence-electron chi connectivity index (χ1n) is 5.46. The smallest absolute Gasteiger partial charge is 0.334 e. The monoisotopic (exact) mass is 266 g/mol. The van der Waals surface area contributed by atoms with Crippen LogP contribution in [-0.4, -0.2) is 76.9 Å². The second-order valence-corrected chi connectivity index (χ2v) is 4.00. The molecule has 0 aromatic carbocycles. The number of hydrogen-bond donors (Lipinski definition) is 4. The molecule has 18 heavy (non-hydrogen) atoms. The van der Waals surface area contributed by atoms with Crippen LogP contribution in [-0.2, 0) is 19.0 Å². The van der Waals surface area contributed by atoms with Gasteiger partial charge in [0.1, 0.15) is 24.4 Å². The van der Waals surface area contributed by atoms with Crippen molar-refractivity contribution in [2.75, 3.05) is 13.7 Å². The van der Waals surface area contributed by atoms with Crippen LogP contribution in [0.15, 0.2) is 0 Å². The van der Waals surface area contributed by atoms with Gasteiger partial charge in [-0.15, -0.1) is 0 Å². The molecule has 0 radical (unpaired) electrons. The minimum atomic E-state index is -1.54. The van der Waals surface area contributed by atoms with Gasteiger partial charge in [0.15, 0.2) is 12.4 Å². The Morgan fingerprint density at radius 2 is 1.89 bits per heavy atom. The van der Waals surface area contributed by atoms with Gasteiger partial charge in [-0.2, -0.15) is 0 Å². The minimum absolute atomic E-state index is 0.558. The third kappa shape index (κ3) is 3.16. The van der Waals surface area contributed by atoms with Crippen LogP contribution in [0.5, 0.6) is 0 Å². The van der Waals surface area contributed by atoms with Gasteiger partial charge in [-0.05, 0) is 6.92 Å². The Morgan fingerprint density at radius 1 is 1.28 bits per heavy atom. The number of carbonyl (C=O) groups is 1. The average molecular weight is 266 g/mol. The Morgan fingerprint density at radius 3 is 2.39 bits per heavy atom. The molecular formula is C10H18O8. The normalized spacial score (nSPS) is 38.2. The molecule has 8 heteroatoms. The van der Waals surface area contributed by atoms with E-state index in [0.717, 1.165) is 0 Å². The van der Waals surface area contributed by atoms with Crippen molar-refractivity contribution < 1.29 is 39.4 Å². The van der Waals surface area contributed by atoms with E-state index in [1.807, 2.05) is 0 Å². The molecule has 0 aliphatic carbocycles. The molecule has 0 bridgehead atoms. The fourth-order valence-corrected chi connectivity index (χ4v) is 1.60. The van der Waals surface area contributed by atoms with Gasteiger partial charge in [0.2, 0.25) is 0 Å². The Bertz CT molecular complexity index is 281. The molecule has 0 saturated carbocycles. The summed E-state index contributed by atoms with van der Waals surface area (Å²) in [5.74, 6) is -0.674. The van der Waals surface area contributed by atoms with Gasteiger partial charge in [0.25, 0.3) is 0 Å². The van der Waals surface area contributed by atoms with E-state index in [9.17, 15) is 20.1 Å². The second-order valence-electron chi connectivity index (χ2n) is 4.00. The topological polar surface area (TPSA) is 126 Å². The van der Waals surface area contributed by atoms with Crippen LogP contribution < -0.4 is 0 Å². The number of methoxy groups -OCH3 is 1. The van der Waals surface area contributed by atoms with Crippen LogP contribution in [0.3, 0.4) is 0 Å². The zero-order valence-electron chi connectivity index (χ0n) is 10.1. The van der Waals surface area contributed by atoms with Crippen molar-refractivity contribution in [1.29, 1.82) is 0 Å². The van der Waals surface area contributed by atoms with Crippen molar-refractivity contribution in [3.05, 3.63) is 0 Å². The summed E-state index contributed by atoms with van der Waals surface area (Å²) in [6, 6.07) is 0. The zero-order chi connectivity index (χ0) is 13.9. The second kappa shape index (κ2) is 6.41. The summed E-state index contributed by atoms with van der Waals surface area (Å²) in [6.07, 6.45) is -7.96. The molecule has 0 aromatic heterocycles. The lowest BCUT2D eigenvalue weighted by Crippen LogP contribution is -2.59. The highest BCUT2D eigenvalue weighted by Gasteiger charge is 2.45. The van der Waals surface area contributed by atoms with Crippen molar-refractivity contribution in [3.8, 4) is 0 Å². The Hall–Kier alpha value is -0.770. The molecule has 1 rings (SSSR count). The molecule has 0 spiro atoms. The van der Waals surface area contributed by atoms with Crippen LogP contribution in [0.1, 0.15) is 6.92 Å². The quantitative estimate of drug-likeness (QED) is 0.407. The van der Waals surface area contributed by atoms with E-state index in [1.54, 1.807) is 0 Å². The summed E-state index contributed by atoms with van der Waals surface area (Å²) in [5, 5.41) is 37.6. The molecule has 1 aliphatic heterocycles. The van der Waals surface area contributed by atoms with Gasteiger partial charge in [-0.25, -0.2) is 4.79 Å². The maximum absolute atomic E-state index is 11.1. The molecule has 1 saturated heterocycles. The van der Waals surface area contributed by atoms with Crippen LogP contribution in [0.2, 0.25) is 0 Å². The Kier molecular flexibility index (Phi) is 5.45. The first kappa shape index (κ1) is 15.3. The number of carbonyl (C=O) groups excluding carboxylic acids is 1. The third-order valence-electron chi connectivity index (χ3n) is 2.72. The standard InChI is InChI=1S/C10H18O8/c1-4(9(15)16-2)17-10-8(14)7(13)6(12)5(3-11)18-10/h4-8,10-14H,3H2,1-2H3/t4?,5?,6-,7+,8?,10?/m1/s1. The number of aliphatic hydroxyl groups excluding tert-OH is 4. The van der Waals surface area contributed by atoms with Gasteiger partial charge in [-0.3, -0.25) is 0 Å². The van der Waals surface area contributed by atoms with E-state index >= 15 is 0 Å². The first-order valence-corrected chi connectivity index (χ1v) is 5.46. The molecule has 4 unspecified atom stereocenters. The fraction of sp³-hybridized carbons (Fsp3) is 0.900. The van der Waals surface area contributed by atoms with E-state index in [-0.39, 0.29) is 0 Å². The highest BCUT2D eigenvalue weighted by Crippen LogP contribution is 2.22. The molecule has 4 N–H and O–H groups in total. The number of esters is 1. The van der Waals surface area contributed by atoms with Crippen LogP contribution in [0.25, 0.3) is 0 Å². The lowest BCUT2D eigenvalue weighted by molar-refractivity contribution is -0.308. The SMILES string of the molecule is COC(=O)C(C)OC1OC(CO)[C@@H](O)[C@H](O)C1O. The van der Waals surface area contributed by atoms with Crippen LogP contribution in [0.4, 0.5) is 0 Å². The van der Waals surface area contributed by atoms with Gasteiger partial charge in [-0.1, -0.05) is 0 Å². The summed E-state index contributed by atoms with van der Waals surface area (Å²) in [6.45, 7) is 0.824. The number of ether oxygens (including phenoxy) is 3. The fourth-order valence-electron chi connectivity index (χ4n) is 1.60. The van der Waals surface area contributed by atoms with Gasteiger partial charge in [0, 0.05) is 0 Å². The maximum Gasteiger partial charge on any atom is 0.334 e. The molecule has 1 heterocycles. The number of hydrogen-bond acceptors (Lipinski definition) is 8. The molecule has 6 atom stereocenters. The van der Waals surface area contributed by atoms with Gasteiger partial charge >= 0.3 is 5.97 Å². The summed E-state index contributed by atoms with van der Waals surface area (Å²) in [7, 11) is 1.18. The van der Waals surface area contributed by atoms with Crippen molar-refractivity contribution >= 4 is 5.97 Å².